The van der Waals surface area contributed by atoms with E-state index in [4.69, 9.17) is 0 Å². The summed E-state index contributed by atoms with van der Waals surface area (Å²) in [6.45, 7) is -0.0366. The van der Waals surface area contributed by atoms with Gasteiger partial charge in [-0.05, 0) is 30.3 Å². The molecule has 0 aromatic heterocycles. The number of hydrogen-bond acceptors (Lipinski definition) is 4. The summed E-state index contributed by atoms with van der Waals surface area (Å²) in [5, 5.41) is 18.6. The molecule has 0 bridgehead atoms. The van der Waals surface area contributed by atoms with Gasteiger partial charge in [-0.1, -0.05) is 12.1 Å². The van der Waals surface area contributed by atoms with Gasteiger partial charge in [-0.3, -0.25) is 4.79 Å². The van der Waals surface area contributed by atoms with Gasteiger partial charge in [0.05, 0.1) is 12.2 Å². The second-order valence-electron chi connectivity index (χ2n) is 4.43. The van der Waals surface area contributed by atoms with Crippen LogP contribution in [0.5, 0.6) is 11.5 Å². The SMILES string of the molecule is CN(CC(=O)c1ccc(O)c(O)c1)c1ccccc1F. The third kappa shape index (κ3) is 2.88. The van der Waals surface area contributed by atoms with E-state index in [2.05, 4.69) is 0 Å². The van der Waals surface area contributed by atoms with Crippen LogP contribution in [-0.2, 0) is 0 Å². The van der Waals surface area contributed by atoms with E-state index in [0.717, 1.165) is 0 Å². The standard InChI is InChI=1S/C15H14FNO3/c1-17(12-5-3-2-4-11(12)16)9-15(20)10-6-7-13(18)14(19)8-10/h2-8,18-19H,9H2,1H3. The maximum Gasteiger partial charge on any atom is 0.182 e. The third-order valence-corrected chi connectivity index (χ3v) is 2.94. The zero-order valence-electron chi connectivity index (χ0n) is 10.9. The molecule has 0 radical (unpaired) electrons. The molecule has 20 heavy (non-hydrogen) atoms. The van der Waals surface area contributed by atoms with Crippen LogP contribution in [-0.4, -0.2) is 29.6 Å². The van der Waals surface area contributed by atoms with Gasteiger partial charge in [-0.15, -0.1) is 0 Å². The summed E-state index contributed by atoms with van der Waals surface area (Å²) in [5.41, 5.74) is 0.576. The van der Waals surface area contributed by atoms with E-state index in [1.165, 1.54) is 29.2 Å². The molecule has 0 saturated heterocycles. The highest BCUT2D eigenvalue weighted by Crippen LogP contribution is 2.25. The fourth-order valence-corrected chi connectivity index (χ4v) is 1.85. The molecule has 2 N–H and O–H groups in total. The number of nitrogens with zero attached hydrogens (tertiary/aromatic N) is 1. The zero-order chi connectivity index (χ0) is 14.7. The molecule has 0 atom stereocenters. The molecule has 2 aromatic carbocycles. The second-order valence-corrected chi connectivity index (χ2v) is 4.43. The molecule has 0 amide bonds. The molecule has 0 aliphatic heterocycles. The molecule has 2 rings (SSSR count). The lowest BCUT2D eigenvalue weighted by molar-refractivity contribution is 0.1000. The van der Waals surface area contributed by atoms with Gasteiger partial charge in [0.1, 0.15) is 5.82 Å². The summed E-state index contributed by atoms with van der Waals surface area (Å²) >= 11 is 0. The number of hydrogen-bond donors (Lipinski definition) is 2. The molecule has 2 aromatic rings. The Kier molecular flexibility index (Phi) is 3.89. The normalized spacial score (nSPS) is 10.3. The van der Waals surface area contributed by atoms with Crippen molar-refractivity contribution in [2.45, 2.75) is 0 Å². The molecule has 0 unspecified atom stereocenters. The summed E-state index contributed by atoms with van der Waals surface area (Å²) in [4.78, 5) is 13.5. The van der Waals surface area contributed by atoms with Crippen LogP contribution in [0.25, 0.3) is 0 Å². The van der Waals surface area contributed by atoms with Crippen LogP contribution in [0, 0.1) is 5.82 Å². The first-order valence-corrected chi connectivity index (χ1v) is 6.00. The van der Waals surface area contributed by atoms with Gasteiger partial charge < -0.3 is 15.1 Å². The summed E-state index contributed by atoms with van der Waals surface area (Å²) in [7, 11) is 1.61. The summed E-state index contributed by atoms with van der Waals surface area (Å²) in [6, 6.07) is 10.0. The molecular weight excluding hydrogens is 261 g/mol. The van der Waals surface area contributed by atoms with Crippen LogP contribution in [0.2, 0.25) is 0 Å². The van der Waals surface area contributed by atoms with Crippen LogP contribution in [0.15, 0.2) is 42.5 Å². The average molecular weight is 275 g/mol. The molecule has 0 fully saturated rings. The number of aromatic hydroxyl groups is 2. The lowest BCUT2D eigenvalue weighted by Gasteiger charge is -2.19. The average Bonchev–Trinajstić information content (AvgIpc) is 2.42. The number of Topliss-reactive ketones (excluding diaryl/α,β-unsaturated/α-hetero) is 1. The number of benzene rings is 2. The van der Waals surface area contributed by atoms with E-state index in [-0.39, 0.29) is 29.4 Å². The Morgan fingerprint density at radius 3 is 2.50 bits per heavy atom. The van der Waals surface area contributed by atoms with E-state index in [9.17, 15) is 19.4 Å². The number of phenols is 2. The number of likely N-dealkylation sites (N-methyl/N-ethyl adjacent to an activating group) is 1. The Morgan fingerprint density at radius 1 is 1.15 bits per heavy atom. The fraction of sp³-hybridized carbons (Fsp3) is 0.133. The summed E-state index contributed by atoms with van der Waals surface area (Å²) in [6.07, 6.45) is 0. The van der Waals surface area contributed by atoms with E-state index in [1.807, 2.05) is 0 Å². The highest BCUT2D eigenvalue weighted by atomic mass is 19.1. The molecule has 0 aliphatic carbocycles. The monoisotopic (exact) mass is 275 g/mol. The Balaban J connectivity index is 2.15. The molecule has 4 nitrogen and oxygen atoms in total. The van der Waals surface area contributed by atoms with Gasteiger partial charge in [0.25, 0.3) is 0 Å². The highest BCUT2D eigenvalue weighted by Gasteiger charge is 2.14. The van der Waals surface area contributed by atoms with E-state index in [1.54, 1.807) is 25.2 Å². The summed E-state index contributed by atoms with van der Waals surface area (Å²) in [5.74, 6) is -1.34. The zero-order valence-corrected chi connectivity index (χ0v) is 10.9. The van der Waals surface area contributed by atoms with Gasteiger partial charge >= 0.3 is 0 Å². The highest BCUT2D eigenvalue weighted by molar-refractivity contribution is 5.99. The van der Waals surface area contributed by atoms with Crippen molar-refractivity contribution in [3.8, 4) is 11.5 Å². The van der Waals surface area contributed by atoms with Crippen molar-refractivity contribution in [3.05, 3.63) is 53.8 Å². The lowest BCUT2D eigenvalue weighted by atomic mass is 10.1. The van der Waals surface area contributed by atoms with Crippen molar-refractivity contribution in [2.24, 2.45) is 0 Å². The number of phenolic OH excluding ortho intramolecular Hbond substituents is 2. The molecule has 0 aliphatic rings. The molecule has 0 heterocycles. The fourth-order valence-electron chi connectivity index (χ4n) is 1.85. The Morgan fingerprint density at radius 2 is 1.85 bits per heavy atom. The largest absolute Gasteiger partial charge is 0.504 e. The van der Waals surface area contributed by atoms with E-state index < -0.39 is 5.82 Å². The number of carbonyl (C=O) groups is 1. The number of halogens is 1. The smallest absolute Gasteiger partial charge is 0.182 e. The number of ketones is 1. The number of para-hydroxylation sites is 1. The van der Waals surface area contributed by atoms with Crippen LogP contribution < -0.4 is 4.90 Å². The Labute approximate surface area is 115 Å². The van der Waals surface area contributed by atoms with Gasteiger partial charge in [-0.25, -0.2) is 4.39 Å². The van der Waals surface area contributed by atoms with Gasteiger partial charge in [0.15, 0.2) is 17.3 Å². The first kappa shape index (κ1) is 13.9. The minimum Gasteiger partial charge on any atom is -0.504 e. The van der Waals surface area contributed by atoms with Crippen molar-refractivity contribution >= 4 is 11.5 Å². The van der Waals surface area contributed by atoms with Crippen molar-refractivity contribution < 1.29 is 19.4 Å². The minimum atomic E-state index is -0.406. The van der Waals surface area contributed by atoms with E-state index in [0.29, 0.717) is 5.69 Å². The quantitative estimate of drug-likeness (QED) is 0.665. The predicted octanol–water partition coefficient (Wildman–Crippen LogP) is 2.56. The number of anilines is 1. The Hall–Kier alpha value is -2.56. The molecule has 0 spiro atoms. The third-order valence-electron chi connectivity index (χ3n) is 2.94. The van der Waals surface area contributed by atoms with Gasteiger partial charge in [0, 0.05) is 12.6 Å². The van der Waals surface area contributed by atoms with Crippen molar-refractivity contribution in [1.29, 1.82) is 0 Å². The van der Waals surface area contributed by atoms with Crippen LogP contribution in [0.4, 0.5) is 10.1 Å². The number of carbonyl (C=O) groups excluding carboxylic acids is 1. The van der Waals surface area contributed by atoms with Gasteiger partial charge in [0.2, 0.25) is 0 Å². The molecule has 104 valence electrons. The lowest BCUT2D eigenvalue weighted by Crippen LogP contribution is -2.26. The van der Waals surface area contributed by atoms with Crippen molar-refractivity contribution in [2.75, 3.05) is 18.5 Å². The van der Waals surface area contributed by atoms with E-state index >= 15 is 0 Å². The second kappa shape index (κ2) is 5.61. The topological polar surface area (TPSA) is 60.8 Å². The van der Waals surface area contributed by atoms with Crippen molar-refractivity contribution in [3.63, 3.8) is 0 Å². The first-order chi connectivity index (χ1) is 9.49. The Bertz CT molecular complexity index is 643. The van der Waals surface area contributed by atoms with Crippen LogP contribution in [0.1, 0.15) is 10.4 Å². The molecular formula is C15H14FNO3. The molecule has 0 saturated carbocycles. The van der Waals surface area contributed by atoms with Crippen molar-refractivity contribution in [1.82, 2.24) is 0 Å². The predicted molar refractivity (Wildman–Crippen MR) is 73.8 cm³/mol. The van der Waals surface area contributed by atoms with Crippen LogP contribution >= 0.6 is 0 Å². The first-order valence-electron chi connectivity index (χ1n) is 6.00. The summed E-state index contributed by atoms with van der Waals surface area (Å²) < 4.78 is 13.6. The number of rotatable bonds is 4. The van der Waals surface area contributed by atoms with Gasteiger partial charge in [-0.2, -0.15) is 0 Å². The maximum absolute atomic E-state index is 13.6. The minimum absolute atomic E-state index is 0.0366. The maximum atomic E-state index is 13.6. The van der Waals surface area contributed by atoms with Crippen LogP contribution in [0.3, 0.4) is 0 Å². The molecule has 5 heteroatoms.